The Morgan fingerprint density at radius 1 is 1.21 bits per heavy atom. The Kier molecular flexibility index (Phi) is 9.31. The Morgan fingerprint density at radius 3 is 2.48 bits per heavy atom. The van der Waals surface area contributed by atoms with Gasteiger partial charge in [0.15, 0.2) is 5.96 Å². The smallest absolute Gasteiger partial charge is 0.243 e. The van der Waals surface area contributed by atoms with Gasteiger partial charge in [-0.3, -0.25) is 4.99 Å². The number of thiazole rings is 1. The lowest BCUT2D eigenvalue weighted by atomic mass is 10.2. The molecule has 29 heavy (non-hydrogen) atoms. The van der Waals surface area contributed by atoms with Crippen LogP contribution in [0.5, 0.6) is 0 Å². The van der Waals surface area contributed by atoms with Gasteiger partial charge < -0.3 is 10.6 Å². The van der Waals surface area contributed by atoms with Crippen LogP contribution in [0.2, 0.25) is 0 Å². The van der Waals surface area contributed by atoms with E-state index in [0.717, 1.165) is 42.1 Å². The summed E-state index contributed by atoms with van der Waals surface area (Å²) >= 11 is 1.66. The SMILES string of the molecule is CN=C(NCCc1csc(C)n1)NCc1ccc(S(=O)(=O)N2CCCC2)cc1.I. The standard InChI is InChI=1S/C19H27N5O2S2.HI/c1-15-23-17(14-27-15)9-10-21-19(20-2)22-13-16-5-7-18(8-6-16)28(25,26)24-11-3-4-12-24;/h5-8,14H,3-4,9-13H2,1-2H3,(H2,20,21,22);1H. The van der Waals surface area contributed by atoms with Crippen molar-refractivity contribution in [3.05, 3.63) is 45.9 Å². The molecule has 0 spiro atoms. The van der Waals surface area contributed by atoms with Gasteiger partial charge in [-0.15, -0.1) is 35.3 Å². The molecule has 2 heterocycles. The van der Waals surface area contributed by atoms with Crippen LogP contribution < -0.4 is 10.6 Å². The van der Waals surface area contributed by atoms with Crippen LogP contribution in [-0.4, -0.2) is 50.3 Å². The zero-order chi connectivity index (χ0) is 20.0. The summed E-state index contributed by atoms with van der Waals surface area (Å²) in [6, 6.07) is 7.07. The van der Waals surface area contributed by atoms with E-state index in [9.17, 15) is 8.42 Å². The number of aliphatic imine (C=N–C) groups is 1. The van der Waals surface area contributed by atoms with Gasteiger partial charge in [0.05, 0.1) is 15.6 Å². The van der Waals surface area contributed by atoms with Crippen molar-refractivity contribution in [3.8, 4) is 0 Å². The van der Waals surface area contributed by atoms with Crippen LogP contribution >= 0.6 is 35.3 Å². The van der Waals surface area contributed by atoms with Crippen molar-refractivity contribution in [1.82, 2.24) is 19.9 Å². The Balaban J connectivity index is 0.00000300. The molecule has 1 aromatic carbocycles. The molecular formula is C19H28IN5O2S2. The van der Waals surface area contributed by atoms with Crippen LogP contribution in [0.3, 0.4) is 0 Å². The molecule has 0 saturated carbocycles. The number of sulfonamides is 1. The molecule has 160 valence electrons. The van der Waals surface area contributed by atoms with Gasteiger partial charge in [0.25, 0.3) is 0 Å². The van der Waals surface area contributed by atoms with Crippen LogP contribution in [0.1, 0.15) is 29.1 Å². The zero-order valence-electron chi connectivity index (χ0n) is 16.7. The van der Waals surface area contributed by atoms with Crippen molar-refractivity contribution >= 4 is 51.3 Å². The minimum absolute atomic E-state index is 0. The maximum Gasteiger partial charge on any atom is 0.243 e. The molecule has 0 bridgehead atoms. The van der Waals surface area contributed by atoms with E-state index >= 15 is 0 Å². The summed E-state index contributed by atoms with van der Waals surface area (Å²) in [5, 5.41) is 9.67. The van der Waals surface area contributed by atoms with E-state index in [0.29, 0.717) is 30.5 Å². The minimum Gasteiger partial charge on any atom is -0.356 e. The van der Waals surface area contributed by atoms with E-state index in [2.05, 4.69) is 26.0 Å². The van der Waals surface area contributed by atoms with E-state index in [-0.39, 0.29) is 24.0 Å². The van der Waals surface area contributed by atoms with Gasteiger partial charge in [0.2, 0.25) is 10.0 Å². The fourth-order valence-corrected chi connectivity index (χ4v) is 5.26. The van der Waals surface area contributed by atoms with E-state index in [1.165, 1.54) is 0 Å². The highest BCUT2D eigenvalue weighted by molar-refractivity contribution is 14.0. The van der Waals surface area contributed by atoms with Gasteiger partial charge in [-0.25, -0.2) is 13.4 Å². The Bertz CT molecular complexity index is 907. The molecule has 2 N–H and O–H groups in total. The summed E-state index contributed by atoms with van der Waals surface area (Å²) < 4.78 is 26.7. The Hall–Kier alpha value is -1.24. The van der Waals surface area contributed by atoms with E-state index in [1.54, 1.807) is 34.8 Å². The lowest BCUT2D eigenvalue weighted by Gasteiger charge is -2.16. The first kappa shape index (κ1) is 24.0. The summed E-state index contributed by atoms with van der Waals surface area (Å²) in [6.45, 7) is 4.56. The average Bonchev–Trinajstić information content (AvgIpc) is 3.37. The highest BCUT2D eigenvalue weighted by atomic mass is 127. The van der Waals surface area contributed by atoms with E-state index in [1.807, 2.05) is 19.1 Å². The number of aromatic nitrogens is 1. The molecule has 2 aromatic rings. The predicted molar refractivity (Wildman–Crippen MR) is 129 cm³/mol. The van der Waals surface area contributed by atoms with Gasteiger partial charge in [-0.05, 0) is 37.5 Å². The van der Waals surface area contributed by atoms with Gasteiger partial charge in [-0.1, -0.05) is 12.1 Å². The molecule has 1 aliphatic rings. The van der Waals surface area contributed by atoms with Gasteiger partial charge in [0.1, 0.15) is 0 Å². The molecular weight excluding hydrogens is 521 g/mol. The molecule has 0 unspecified atom stereocenters. The second-order valence-electron chi connectivity index (χ2n) is 6.72. The summed E-state index contributed by atoms with van der Waals surface area (Å²) in [6.07, 6.45) is 2.72. The number of guanidine groups is 1. The largest absolute Gasteiger partial charge is 0.356 e. The summed E-state index contributed by atoms with van der Waals surface area (Å²) in [5.74, 6) is 0.709. The zero-order valence-corrected chi connectivity index (χ0v) is 20.7. The molecule has 1 fully saturated rings. The summed E-state index contributed by atoms with van der Waals surface area (Å²) in [4.78, 5) is 9.03. The number of nitrogens with zero attached hydrogens (tertiary/aromatic N) is 3. The fraction of sp³-hybridized carbons (Fsp3) is 0.474. The van der Waals surface area contributed by atoms with Crippen LogP contribution in [0, 0.1) is 6.92 Å². The van der Waals surface area contributed by atoms with Crippen molar-refractivity contribution in [1.29, 1.82) is 0 Å². The number of aryl methyl sites for hydroxylation is 1. The number of benzene rings is 1. The fourth-order valence-electron chi connectivity index (χ4n) is 3.10. The molecule has 1 aromatic heterocycles. The molecule has 3 rings (SSSR count). The maximum absolute atomic E-state index is 12.6. The number of hydrogen-bond donors (Lipinski definition) is 2. The molecule has 10 heteroatoms. The van der Waals surface area contributed by atoms with Crippen molar-refractivity contribution in [2.75, 3.05) is 26.7 Å². The van der Waals surface area contributed by atoms with Crippen molar-refractivity contribution < 1.29 is 8.42 Å². The van der Waals surface area contributed by atoms with Crippen LogP contribution in [0.25, 0.3) is 0 Å². The van der Waals surface area contributed by atoms with Crippen LogP contribution in [0.15, 0.2) is 39.5 Å². The highest BCUT2D eigenvalue weighted by Gasteiger charge is 2.26. The molecule has 0 aliphatic carbocycles. The van der Waals surface area contributed by atoms with Crippen molar-refractivity contribution in [2.24, 2.45) is 4.99 Å². The molecule has 1 saturated heterocycles. The second-order valence-corrected chi connectivity index (χ2v) is 9.72. The Morgan fingerprint density at radius 2 is 1.90 bits per heavy atom. The maximum atomic E-state index is 12.6. The summed E-state index contributed by atoms with van der Waals surface area (Å²) in [5.41, 5.74) is 2.08. The van der Waals surface area contributed by atoms with Crippen LogP contribution in [-0.2, 0) is 23.0 Å². The normalized spacial score (nSPS) is 15.2. The van der Waals surface area contributed by atoms with E-state index < -0.39 is 10.0 Å². The quantitative estimate of drug-likeness (QED) is 0.315. The highest BCUT2D eigenvalue weighted by Crippen LogP contribution is 2.21. The second kappa shape index (κ2) is 11.2. The van der Waals surface area contributed by atoms with Gasteiger partial charge in [-0.2, -0.15) is 4.31 Å². The summed E-state index contributed by atoms with van der Waals surface area (Å²) in [7, 11) is -1.63. The monoisotopic (exact) mass is 549 g/mol. The lowest BCUT2D eigenvalue weighted by Crippen LogP contribution is -2.37. The molecule has 0 radical (unpaired) electrons. The topological polar surface area (TPSA) is 86.7 Å². The minimum atomic E-state index is -3.36. The predicted octanol–water partition coefficient (Wildman–Crippen LogP) is 2.76. The number of rotatable bonds is 7. The van der Waals surface area contributed by atoms with Crippen molar-refractivity contribution in [3.63, 3.8) is 0 Å². The molecule has 7 nitrogen and oxygen atoms in total. The third kappa shape index (κ3) is 6.63. The number of halogens is 1. The van der Waals surface area contributed by atoms with Gasteiger partial charge >= 0.3 is 0 Å². The van der Waals surface area contributed by atoms with Gasteiger partial charge in [0, 0.05) is 45.0 Å². The van der Waals surface area contributed by atoms with Crippen LogP contribution in [0.4, 0.5) is 0 Å². The van der Waals surface area contributed by atoms with Crippen molar-refractivity contribution in [2.45, 2.75) is 37.6 Å². The number of hydrogen-bond acceptors (Lipinski definition) is 5. The Labute approximate surface area is 194 Å². The first-order chi connectivity index (χ1) is 13.5. The molecule has 0 atom stereocenters. The lowest BCUT2D eigenvalue weighted by molar-refractivity contribution is 0.477. The first-order valence-electron chi connectivity index (χ1n) is 9.43. The number of nitrogens with one attached hydrogen (secondary N) is 2. The molecule has 0 amide bonds. The van der Waals surface area contributed by atoms with E-state index in [4.69, 9.17) is 0 Å². The third-order valence-electron chi connectivity index (χ3n) is 4.65. The first-order valence-corrected chi connectivity index (χ1v) is 11.8. The molecule has 1 aliphatic heterocycles. The third-order valence-corrected chi connectivity index (χ3v) is 7.39. The average molecular weight is 550 g/mol.